The van der Waals surface area contributed by atoms with Crippen LogP contribution in [0.25, 0.3) is 0 Å². The van der Waals surface area contributed by atoms with Crippen LogP contribution in [-0.4, -0.2) is 35.4 Å². The number of amides is 1. The molecule has 0 heterocycles. The van der Waals surface area contributed by atoms with Crippen LogP contribution in [0.3, 0.4) is 0 Å². The van der Waals surface area contributed by atoms with Crippen LogP contribution in [0.15, 0.2) is 22.7 Å². The van der Waals surface area contributed by atoms with Crippen molar-refractivity contribution in [2.75, 3.05) is 13.2 Å². The molecule has 0 saturated carbocycles. The van der Waals surface area contributed by atoms with Crippen molar-refractivity contribution in [2.45, 2.75) is 13.0 Å². The normalized spacial score (nSPS) is 12.2. The predicted octanol–water partition coefficient (Wildman–Crippen LogP) is 0.841. The Balaban J connectivity index is 2.66. The second-order valence-corrected chi connectivity index (χ2v) is 4.42. The molecule has 88 valence electrons. The predicted molar refractivity (Wildman–Crippen MR) is 64.3 cm³/mol. The van der Waals surface area contributed by atoms with Gasteiger partial charge in [0, 0.05) is 16.6 Å². The maximum atomic E-state index is 11.7. The molecule has 0 spiro atoms. The van der Waals surface area contributed by atoms with E-state index in [1.165, 1.54) is 0 Å². The molecule has 0 radical (unpaired) electrons. The first-order valence-corrected chi connectivity index (χ1v) is 5.67. The van der Waals surface area contributed by atoms with Crippen molar-refractivity contribution in [3.63, 3.8) is 0 Å². The van der Waals surface area contributed by atoms with Crippen LogP contribution in [0.1, 0.15) is 15.9 Å². The van der Waals surface area contributed by atoms with E-state index in [0.717, 1.165) is 10.0 Å². The molecule has 0 fully saturated rings. The minimum atomic E-state index is -0.917. The summed E-state index contributed by atoms with van der Waals surface area (Å²) in [7, 11) is 0. The van der Waals surface area contributed by atoms with Gasteiger partial charge in [-0.15, -0.1) is 0 Å². The lowest BCUT2D eigenvalue weighted by Gasteiger charge is -2.10. The number of hydrogen-bond acceptors (Lipinski definition) is 3. The van der Waals surface area contributed by atoms with E-state index in [2.05, 4.69) is 21.2 Å². The third kappa shape index (κ3) is 3.59. The largest absolute Gasteiger partial charge is 0.394 e. The number of rotatable bonds is 4. The summed E-state index contributed by atoms with van der Waals surface area (Å²) < 4.78 is 0.914. The Hall–Kier alpha value is -0.910. The fourth-order valence-electron chi connectivity index (χ4n) is 1.25. The van der Waals surface area contributed by atoms with Gasteiger partial charge in [-0.3, -0.25) is 4.79 Å². The lowest BCUT2D eigenvalue weighted by Crippen LogP contribution is -2.34. The second kappa shape index (κ2) is 5.98. The molecule has 0 bridgehead atoms. The highest BCUT2D eigenvalue weighted by Crippen LogP contribution is 2.15. The molecule has 1 atom stereocenters. The zero-order valence-corrected chi connectivity index (χ0v) is 10.5. The number of benzene rings is 1. The molecular weight excluding hydrogens is 274 g/mol. The first-order chi connectivity index (χ1) is 7.54. The molecule has 1 rings (SSSR count). The first kappa shape index (κ1) is 13.2. The summed E-state index contributed by atoms with van der Waals surface area (Å²) in [5, 5.41) is 20.2. The zero-order valence-electron chi connectivity index (χ0n) is 8.90. The standard InChI is InChI=1S/C11H14BrNO3/c1-7-4-8(12)2-3-10(7)11(16)13-5-9(15)6-14/h2-4,9,14-15H,5-6H2,1H3,(H,13,16). The number of aliphatic hydroxyl groups is 2. The molecule has 1 aromatic rings. The van der Waals surface area contributed by atoms with Gasteiger partial charge in [0.15, 0.2) is 0 Å². The fourth-order valence-corrected chi connectivity index (χ4v) is 1.73. The third-order valence-electron chi connectivity index (χ3n) is 2.14. The summed E-state index contributed by atoms with van der Waals surface area (Å²) in [5.41, 5.74) is 1.42. The van der Waals surface area contributed by atoms with Gasteiger partial charge in [0.2, 0.25) is 0 Å². The van der Waals surface area contributed by atoms with E-state index in [9.17, 15) is 4.79 Å². The third-order valence-corrected chi connectivity index (χ3v) is 2.64. The van der Waals surface area contributed by atoms with Gasteiger partial charge in [-0.05, 0) is 30.7 Å². The Morgan fingerprint density at radius 2 is 2.25 bits per heavy atom. The van der Waals surface area contributed by atoms with Gasteiger partial charge in [0.25, 0.3) is 5.91 Å². The Morgan fingerprint density at radius 1 is 1.56 bits per heavy atom. The zero-order chi connectivity index (χ0) is 12.1. The molecule has 1 unspecified atom stereocenters. The molecule has 0 aliphatic rings. The number of carbonyl (C=O) groups is 1. The van der Waals surface area contributed by atoms with Crippen molar-refractivity contribution in [2.24, 2.45) is 0 Å². The summed E-state index contributed by atoms with van der Waals surface area (Å²) in [4.78, 5) is 11.7. The Labute approximate surface area is 102 Å². The molecule has 0 aliphatic heterocycles. The maximum absolute atomic E-state index is 11.7. The van der Waals surface area contributed by atoms with Crippen LogP contribution in [0.5, 0.6) is 0 Å². The second-order valence-electron chi connectivity index (χ2n) is 3.51. The van der Waals surface area contributed by atoms with Crippen LogP contribution in [0.4, 0.5) is 0 Å². The van der Waals surface area contributed by atoms with Crippen LogP contribution >= 0.6 is 15.9 Å². The summed E-state index contributed by atoms with van der Waals surface area (Å²) in [5.74, 6) is -0.252. The Morgan fingerprint density at radius 3 is 2.81 bits per heavy atom. The van der Waals surface area contributed by atoms with Crippen molar-refractivity contribution < 1.29 is 15.0 Å². The fraction of sp³-hybridized carbons (Fsp3) is 0.364. The minimum Gasteiger partial charge on any atom is -0.394 e. The molecular formula is C11H14BrNO3. The van der Waals surface area contributed by atoms with Gasteiger partial charge < -0.3 is 15.5 Å². The van der Waals surface area contributed by atoms with Gasteiger partial charge in [-0.1, -0.05) is 15.9 Å². The lowest BCUT2D eigenvalue weighted by molar-refractivity contribution is 0.0801. The van der Waals surface area contributed by atoms with Crippen molar-refractivity contribution in [3.05, 3.63) is 33.8 Å². The SMILES string of the molecule is Cc1cc(Br)ccc1C(=O)NCC(O)CO. The van der Waals surface area contributed by atoms with Crippen molar-refractivity contribution in [3.8, 4) is 0 Å². The smallest absolute Gasteiger partial charge is 0.251 e. The molecule has 5 heteroatoms. The summed E-state index contributed by atoms with van der Waals surface area (Å²) in [6, 6.07) is 5.34. The molecule has 1 aromatic carbocycles. The molecule has 0 aromatic heterocycles. The molecule has 0 aliphatic carbocycles. The molecule has 3 N–H and O–H groups in total. The summed E-state index contributed by atoms with van der Waals surface area (Å²) in [6.07, 6.45) is -0.917. The number of carbonyl (C=O) groups excluding carboxylic acids is 1. The monoisotopic (exact) mass is 287 g/mol. The first-order valence-electron chi connectivity index (χ1n) is 4.88. The van der Waals surface area contributed by atoms with E-state index < -0.39 is 6.10 Å². The van der Waals surface area contributed by atoms with Crippen molar-refractivity contribution >= 4 is 21.8 Å². The van der Waals surface area contributed by atoms with Crippen LogP contribution < -0.4 is 5.32 Å². The van der Waals surface area contributed by atoms with E-state index in [4.69, 9.17) is 10.2 Å². The average molecular weight is 288 g/mol. The number of aliphatic hydroxyl groups excluding tert-OH is 2. The van der Waals surface area contributed by atoms with Gasteiger partial charge in [-0.25, -0.2) is 0 Å². The van der Waals surface area contributed by atoms with Gasteiger partial charge in [0.05, 0.1) is 12.7 Å². The quantitative estimate of drug-likeness (QED) is 0.769. The van der Waals surface area contributed by atoms with Crippen LogP contribution in [-0.2, 0) is 0 Å². The van der Waals surface area contributed by atoms with Crippen LogP contribution in [0, 0.1) is 6.92 Å². The lowest BCUT2D eigenvalue weighted by atomic mass is 10.1. The highest BCUT2D eigenvalue weighted by atomic mass is 79.9. The van der Waals surface area contributed by atoms with Gasteiger partial charge in [-0.2, -0.15) is 0 Å². The van der Waals surface area contributed by atoms with E-state index in [0.29, 0.717) is 5.56 Å². The van der Waals surface area contributed by atoms with Gasteiger partial charge >= 0.3 is 0 Å². The number of halogens is 1. The molecule has 4 nitrogen and oxygen atoms in total. The van der Waals surface area contributed by atoms with E-state index >= 15 is 0 Å². The molecule has 16 heavy (non-hydrogen) atoms. The van der Waals surface area contributed by atoms with Crippen LogP contribution in [0.2, 0.25) is 0 Å². The maximum Gasteiger partial charge on any atom is 0.251 e. The molecule has 0 saturated heterocycles. The highest BCUT2D eigenvalue weighted by Gasteiger charge is 2.10. The number of aryl methyl sites for hydroxylation is 1. The Bertz CT molecular complexity index is 381. The average Bonchev–Trinajstić information content (AvgIpc) is 2.25. The summed E-state index contributed by atoms with van der Waals surface area (Å²) >= 11 is 3.31. The number of hydrogen-bond donors (Lipinski definition) is 3. The van der Waals surface area contributed by atoms with Crippen molar-refractivity contribution in [1.29, 1.82) is 0 Å². The van der Waals surface area contributed by atoms with Gasteiger partial charge in [0.1, 0.15) is 0 Å². The van der Waals surface area contributed by atoms with E-state index in [-0.39, 0.29) is 19.1 Å². The highest BCUT2D eigenvalue weighted by molar-refractivity contribution is 9.10. The minimum absolute atomic E-state index is 0.0465. The molecule has 1 amide bonds. The van der Waals surface area contributed by atoms with E-state index in [1.807, 2.05) is 13.0 Å². The number of nitrogens with one attached hydrogen (secondary N) is 1. The van der Waals surface area contributed by atoms with Crippen molar-refractivity contribution in [1.82, 2.24) is 5.32 Å². The topological polar surface area (TPSA) is 69.6 Å². The van der Waals surface area contributed by atoms with E-state index in [1.54, 1.807) is 12.1 Å². The summed E-state index contributed by atoms with van der Waals surface area (Å²) in [6.45, 7) is 1.52. The Kier molecular flexibility index (Phi) is 4.92.